The second-order valence-corrected chi connectivity index (χ2v) is 9.16. The Morgan fingerprint density at radius 2 is 1.41 bits per heavy atom. The van der Waals surface area contributed by atoms with E-state index in [0.29, 0.717) is 23.4 Å². The van der Waals surface area contributed by atoms with Crippen LogP contribution in [-0.4, -0.2) is 40.1 Å². The first-order valence-electron chi connectivity index (χ1n) is 10.2. The van der Waals surface area contributed by atoms with Crippen molar-refractivity contribution in [3.8, 4) is 0 Å². The zero-order valence-corrected chi connectivity index (χ0v) is 19.2. The number of ketones is 1. The van der Waals surface area contributed by atoms with Crippen molar-refractivity contribution < 1.29 is 19.2 Å². The highest BCUT2D eigenvalue weighted by Crippen LogP contribution is 2.39. The van der Waals surface area contributed by atoms with Gasteiger partial charge in [0.2, 0.25) is 0 Å². The van der Waals surface area contributed by atoms with Gasteiger partial charge in [-0.1, -0.05) is 47.6 Å². The number of rotatable bonds is 5. The van der Waals surface area contributed by atoms with Crippen molar-refractivity contribution in [3.05, 3.63) is 68.7 Å². The summed E-state index contributed by atoms with van der Waals surface area (Å²) >= 11 is 17.9. The molecular formula is C23H19Cl3N2O4. The van der Waals surface area contributed by atoms with Crippen LogP contribution in [0.1, 0.15) is 46.4 Å². The summed E-state index contributed by atoms with van der Waals surface area (Å²) in [6.07, 6.45) is 2.87. The molecule has 0 N–H and O–H groups in total. The van der Waals surface area contributed by atoms with E-state index in [1.54, 1.807) is 12.1 Å². The Hall–Kier alpha value is -2.41. The Labute approximate surface area is 200 Å². The van der Waals surface area contributed by atoms with Gasteiger partial charge in [-0.2, -0.15) is 5.01 Å². The lowest BCUT2D eigenvalue weighted by molar-refractivity contribution is -0.154. The Morgan fingerprint density at radius 1 is 0.844 bits per heavy atom. The lowest BCUT2D eigenvalue weighted by Gasteiger charge is -2.30. The Bertz CT molecular complexity index is 1080. The van der Waals surface area contributed by atoms with Crippen LogP contribution in [0.3, 0.4) is 0 Å². The van der Waals surface area contributed by atoms with E-state index in [0.717, 1.165) is 22.9 Å². The highest BCUT2D eigenvalue weighted by Gasteiger charge is 2.51. The molecule has 1 saturated carbocycles. The van der Waals surface area contributed by atoms with Crippen molar-refractivity contribution >= 4 is 58.3 Å². The number of hydrogen-bond donors (Lipinski definition) is 0. The SMILES string of the molecule is O=C(CN(C(=O)c1ccc(Cl)c(Cl)c1)N1C(=O)[C@H]2CCCC[C@@H]2C1=O)c1ccc(Cl)cc1. The molecule has 32 heavy (non-hydrogen) atoms. The minimum atomic E-state index is -0.689. The molecule has 1 heterocycles. The van der Waals surface area contributed by atoms with Gasteiger partial charge in [-0.05, 0) is 55.3 Å². The van der Waals surface area contributed by atoms with Gasteiger partial charge in [0.25, 0.3) is 17.7 Å². The predicted molar refractivity (Wildman–Crippen MR) is 121 cm³/mol. The largest absolute Gasteiger partial charge is 0.292 e. The van der Waals surface area contributed by atoms with Crippen LogP contribution in [0.25, 0.3) is 0 Å². The van der Waals surface area contributed by atoms with Gasteiger partial charge in [0.05, 0.1) is 21.9 Å². The molecule has 9 heteroatoms. The molecule has 1 saturated heterocycles. The summed E-state index contributed by atoms with van der Waals surface area (Å²) in [7, 11) is 0. The van der Waals surface area contributed by atoms with Crippen molar-refractivity contribution in [2.75, 3.05) is 6.54 Å². The number of imide groups is 1. The lowest BCUT2D eigenvalue weighted by Crippen LogP contribution is -2.52. The van der Waals surface area contributed by atoms with E-state index < -0.39 is 41.9 Å². The monoisotopic (exact) mass is 492 g/mol. The third-order valence-corrected chi connectivity index (χ3v) is 6.91. The predicted octanol–water partition coefficient (Wildman–Crippen LogP) is 5.06. The number of halogens is 3. The first-order chi connectivity index (χ1) is 15.3. The number of amides is 3. The molecule has 4 rings (SSSR count). The summed E-state index contributed by atoms with van der Waals surface area (Å²) in [5.74, 6) is -2.96. The number of carbonyl (C=O) groups is 4. The highest BCUT2D eigenvalue weighted by atomic mass is 35.5. The number of nitrogens with zero attached hydrogens (tertiary/aromatic N) is 2. The van der Waals surface area contributed by atoms with Crippen LogP contribution in [0.2, 0.25) is 15.1 Å². The molecule has 2 aromatic carbocycles. The molecule has 166 valence electrons. The average molecular weight is 494 g/mol. The quantitative estimate of drug-likeness (QED) is 0.431. The molecule has 0 unspecified atom stereocenters. The minimum absolute atomic E-state index is 0.110. The maximum atomic E-state index is 13.4. The average Bonchev–Trinajstić information content (AvgIpc) is 3.04. The van der Waals surface area contributed by atoms with E-state index in [2.05, 4.69) is 0 Å². The van der Waals surface area contributed by atoms with E-state index in [-0.39, 0.29) is 15.6 Å². The van der Waals surface area contributed by atoms with Crippen LogP contribution in [0.5, 0.6) is 0 Å². The van der Waals surface area contributed by atoms with Crippen LogP contribution < -0.4 is 0 Å². The van der Waals surface area contributed by atoms with Gasteiger partial charge in [0.1, 0.15) is 6.54 Å². The highest BCUT2D eigenvalue weighted by molar-refractivity contribution is 6.42. The van der Waals surface area contributed by atoms with Crippen molar-refractivity contribution in [2.45, 2.75) is 25.7 Å². The van der Waals surface area contributed by atoms with E-state index in [1.165, 1.54) is 30.3 Å². The molecule has 2 aliphatic rings. The van der Waals surface area contributed by atoms with Crippen LogP contribution in [-0.2, 0) is 9.59 Å². The normalized spacial score (nSPS) is 20.3. The van der Waals surface area contributed by atoms with Gasteiger partial charge in [-0.25, -0.2) is 5.01 Å². The maximum absolute atomic E-state index is 13.4. The molecule has 0 spiro atoms. The fourth-order valence-corrected chi connectivity index (χ4v) is 4.68. The Morgan fingerprint density at radius 3 is 1.97 bits per heavy atom. The van der Waals surface area contributed by atoms with Gasteiger partial charge in [-0.3, -0.25) is 19.2 Å². The minimum Gasteiger partial charge on any atom is -0.292 e. The van der Waals surface area contributed by atoms with Gasteiger partial charge in [0.15, 0.2) is 5.78 Å². The molecule has 2 fully saturated rings. The van der Waals surface area contributed by atoms with Gasteiger partial charge >= 0.3 is 0 Å². The van der Waals surface area contributed by atoms with Crippen molar-refractivity contribution in [3.63, 3.8) is 0 Å². The number of hydrazine groups is 1. The van der Waals surface area contributed by atoms with Gasteiger partial charge in [0, 0.05) is 16.1 Å². The standard InChI is InChI=1S/C23H19Cl3N2O4/c24-15-8-5-13(6-9-15)20(29)12-27(21(30)14-7-10-18(25)19(26)11-14)28-22(31)16-3-1-2-4-17(16)23(28)32/h5-11,16-17H,1-4,12H2/t16-,17-/m0/s1. The molecule has 0 radical (unpaired) electrons. The van der Waals surface area contributed by atoms with Gasteiger partial charge < -0.3 is 0 Å². The van der Waals surface area contributed by atoms with Gasteiger partial charge in [-0.15, -0.1) is 0 Å². The van der Waals surface area contributed by atoms with E-state index in [9.17, 15) is 19.2 Å². The second kappa shape index (κ2) is 9.22. The number of fused-ring (bicyclic) bond motifs is 1. The van der Waals surface area contributed by atoms with Crippen molar-refractivity contribution in [1.82, 2.24) is 10.0 Å². The van der Waals surface area contributed by atoms with Crippen molar-refractivity contribution in [1.29, 1.82) is 0 Å². The van der Waals surface area contributed by atoms with Crippen molar-refractivity contribution in [2.24, 2.45) is 11.8 Å². The molecule has 1 aliphatic heterocycles. The van der Waals surface area contributed by atoms with E-state index in [4.69, 9.17) is 34.8 Å². The summed E-state index contributed by atoms with van der Waals surface area (Å²) in [5.41, 5.74) is 0.414. The summed E-state index contributed by atoms with van der Waals surface area (Å²) in [4.78, 5) is 52.7. The van der Waals surface area contributed by atoms with E-state index >= 15 is 0 Å². The maximum Gasteiger partial charge on any atom is 0.273 e. The Kier molecular flexibility index (Phi) is 6.56. The fraction of sp³-hybridized carbons (Fsp3) is 0.304. The van der Waals surface area contributed by atoms with Crippen LogP contribution >= 0.6 is 34.8 Å². The molecule has 3 amide bonds. The summed E-state index contributed by atoms with van der Waals surface area (Å²) < 4.78 is 0. The molecule has 0 bridgehead atoms. The summed E-state index contributed by atoms with van der Waals surface area (Å²) in [6, 6.07) is 10.4. The molecule has 2 aromatic rings. The second-order valence-electron chi connectivity index (χ2n) is 7.91. The molecule has 6 nitrogen and oxygen atoms in total. The number of carbonyl (C=O) groups excluding carboxylic acids is 4. The number of hydrogen-bond acceptors (Lipinski definition) is 4. The number of benzene rings is 2. The molecule has 0 aromatic heterocycles. The van der Waals surface area contributed by atoms with Crippen LogP contribution in [0.15, 0.2) is 42.5 Å². The van der Waals surface area contributed by atoms with Crippen LogP contribution in [0, 0.1) is 11.8 Å². The zero-order chi connectivity index (χ0) is 23.0. The third kappa shape index (κ3) is 4.27. The first-order valence-corrected chi connectivity index (χ1v) is 11.3. The first kappa shape index (κ1) is 22.8. The number of Topliss-reactive ketones (excluding diaryl/α,β-unsaturated/α-hetero) is 1. The topological polar surface area (TPSA) is 74.8 Å². The molecule has 2 atom stereocenters. The van der Waals surface area contributed by atoms with Crippen LogP contribution in [0.4, 0.5) is 0 Å². The summed E-state index contributed by atoms with van der Waals surface area (Å²) in [6.45, 7) is -0.488. The third-order valence-electron chi connectivity index (χ3n) is 5.92. The molecule has 1 aliphatic carbocycles. The zero-order valence-electron chi connectivity index (χ0n) is 16.9. The smallest absolute Gasteiger partial charge is 0.273 e. The lowest BCUT2D eigenvalue weighted by atomic mass is 9.81. The van der Waals surface area contributed by atoms with E-state index in [1.807, 2.05) is 0 Å². The Balaban J connectivity index is 1.70. The molecular weight excluding hydrogens is 475 g/mol. The fourth-order valence-electron chi connectivity index (χ4n) is 4.26. The summed E-state index contributed by atoms with van der Waals surface area (Å²) in [5, 5.41) is 2.65.